The van der Waals surface area contributed by atoms with Crippen LogP contribution < -0.4 is 11.1 Å². The van der Waals surface area contributed by atoms with E-state index in [0.29, 0.717) is 0 Å². The molecular weight excluding hydrogens is 312 g/mol. The second-order valence-electron chi connectivity index (χ2n) is 5.12. The van der Waals surface area contributed by atoms with E-state index in [9.17, 15) is 8.42 Å². The number of sulfone groups is 1. The van der Waals surface area contributed by atoms with Gasteiger partial charge in [0.05, 0.1) is 4.90 Å². The smallest absolute Gasteiger partial charge is 0.213 e. The van der Waals surface area contributed by atoms with Crippen molar-refractivity contribution in [3.63, 3.8) is 0 Å². The zero-order valence-corrected chi connectivity index (χ0v) is 13.3. The number of H-pyrrole nitrogens is 1. The molecule has 0 bridgehead atoms. The Morgan fingerprint density at radius 3 is 2.35 bits per heavy atom. The summed E-state index contributed by atoms with van der Waals surface area (Å²) in [6.45, 7) is 1.97. The van der Waals surface area contributed by atoms with E-state index in [4.69, 9.17) is 5.73 Å². The number of aromatic amines is 1. The van der Waals surface area contributed by atoms with E-state index in [2.05, 4.69) is 15.5 Å². The summed E-state index contributed by atoms with van der Waals surface area (Å²) in [6.07, 6.45) is 0. The van der Waals surface area contributed by atoms with Gasteiger partial charge in [0.15, 0.2) is 10.7 Å². The highest BCUT2D eigenvalue weighted by atomic mass is 32.2. The van der Waals surface area contributed by atoms with Crippen molar-refractivity contribution >= 4 is 27.2 Å². The van der Waals surface area contributed by atoms with Crippen LogP contribution in [0.4, 0.5) is 17.3 Å². The van der Waals surface area contributed by atoms with Crippen LogP contribution >= 0.6 is 0 Å². The number of hydrogen-bond acceptors (Lipinski definition) is 5. The molecule has 23 heavy (non-hydrogen) atoms. The summed E-state index contributed by atoms with van der Waals surface area (Å²) in [7, 11) is -3.77. The van der Waals surface area contributed by atoms with Gasteiger partial charge in [-0.15, -0.1) is 0 Å². The lowest BCUT2D eigenvalue weighted by Gasteiger charge is -2.08. The first-order valence-electron chi connectivity index (χ1n) is 6.96. The number of nitrogens with zero attached hydrogens (tertiary/aromatic N) is 1. The monoisotopic (exact) mass is 328 g/mol. The average molecular weight is 328 g/mol. The molecule has 0 atom stereocenters. The van der Waals surface area contributed by atoms with E-state index in [-0.39, 0.29) is 21.4 Å². The molecule has 3 rings (SSSR count). The summed E-state index contributed by atoms with van der Waals surface area (Å²) >= 11 is 0. The molecule has 0 aliphatic carbocycles. The Morgan fingerprint density at radius 1 is 1.04 bits per heavy atom. The molecule has 4 N–H and O–H groups in total. The molecule has 0 aliphatic rings. The van der Waals surface area contributed by atoms with Crippen LogP contribution in [0.2, 0.25) is 0 Å². The van der Waals surface area contributed by atoms with Crippen LogP contribution in [0.3, 0.4) is 0 Å². The minimum Gasteiger partial charge on any atom is -0.383 e. The van der Waals surface area contributed by atoms with Crippen LogP contribution in [-0.4, -0.2) is 18.6 Å². The molecule has 118 valence electrons. The summed E-state index contributed by atoms with van der Waals surface area (Å²) in [5, 5.41) is 9.51. The van der Waals surface area contributed by atoms with Gasteiger partial charge in [0.1, 0.15) is 5.82 Å². The summed E-state index contributed by atoms with van der Waals surface area (Å²) in [5.41, 5.74) is 7.64. The minimum atomic E-state index is -3.77. The van der Waals surface area contributed by atoms with E-state index >= 15 is 0 Å². The SMILES string of the molecule is Cc1ccc(Nc2n[nH]c(N)c2S(=O)(=O)c2ccccc2)cc1. The van der Waals surface area contributed by atoms with Crippen LogP contribution in [0.1, 0.15) is 5.56 Å². The van der Waals surface area contributed by atoms with Crippen molar-refractivity contribution < 1.29 is 8.42 Å². The minimum absolute atomic E-state index is 0.00321. The van der Waals surface area contributed by atoms with Gasteiger partial charge in [0, 0.05) is 5.69 Å². The number of aromatic nitrogens is 2. The molecule has 1 aromatic heterocycles. The Labute approximate surface area is 134 Å². The Hall–Kier alpha value is -2.80. The second kappa shape index (κ2) is 5.77. The van der Waals surface area contributed by atoms with Gasteiger partial charge >= 0.3 is 0 Å². The third-order valence-electron chi connectivity index (χ3n) is 3.38. The molecule has 0 saturated heterocycles. The Morgan fingerprint density at radius 2 is 1.70 bits per heavy atom. The number of nitrogen functional groups attached to an aromatic ring is 1. The molecule has 0 aliphatic heterocycles. The molecule has 0 fully saturated rings. The zero-order chi connectivity index (χ0) is 16.4. The molecule has 2 aromatic carbocycles. The van der Waals surface area contributed by atoms with Crippen LogP contribution in [-0.2, 0) is 9.84 Å². The van der Waals surface area contributed by atoms with Crippen LogP contribution in [0.15, 0.2) is 64.4 Å². The normalized spacial score (nSPS) is 11.3. The zero-order valence-electron chi connectivity index (χ0n) is 12.4. The first kappa shape index (κ1) is 15.1. The fraction of sp³-hybridized carbons (Fsp3) is 0.0625. The lowest BCUT2D eigenvalue weighted by atomic mass is 10.2. The highest BCUT2D eigenvalue weighted by Gasteiger charge is 2.27. The second-order valence-corrected chi connectivity index (χ2v) is 7.01. The first-order chi connectivity index (χ1) is 11.0. The lowest BCUT2D eigenvalue weighted by molar-refractivity contribution is 0.597. The third kappa shape index (κ3) is 2.91. The van der Waals surface area contributed by atoms with Gasteiger partial charge in [0.2, 0.25) is 9.84 Å². The quantitative estimate of drug-likeness (QED) is 0.683. The average Bonchev–Trinajstić information content (AvgIpc) is 2.92. The number of aryl methyl sites for hydroxylation is 1. The van der Waals surface area contributed by atoms with Gasteiger partial charge in [-0.05, 0) is 31.2 Å². The lowest BCUT2D eigenvalue weighted by Crippen LogP contribution is -2.06. The van der Waals surface area contributed by atoms with Crippen molar-refractivity contribution in [3.8, 4) is 0 Å². The number of nitrogens with one attached hydrogen (secondary N) is 2. The summed E-state index contributed by atoms with van der Waals surface area (Å²) in [4.78, 5) is 0.115. The largest absolute Gasteiger partial charge is 0.383 e. The summed E-state index contributed by atoms with van der Waals surface area (Å²) < 4.78 is 25.6. The van der Waals surface area contributed by atoms with Gasteiger partial charge in [-0.2, -0.15) is 5.10 Å². The van der Waals surface area contributed by atoms with E-state index in [0.717, 1.165) is 11.3 Å². The van der Waals surface area contributed by atoms with Crippen LogP contribution in [0.5, 0.6) is 0 Å². The van der Waals surface area contributed by atoms with Crippen molar-refractivity contribution in [1.29, 1.82) is 0 Å². The Kier molecular flexibility index (Phi) is 3.79. The Balaban J connectivity index is 2.04. The maximum absolute atomic E-state index is 12.8. The molecule has 7 heteroatoms. The number of nitrogens with two attached hydrogens (primary N) is 1. The molecule has 1 heterocycles. The van der Waals surface area contributed by atoms with E-state index in [1.807, 2.05) is 31.2 Å². The van der Waals surface area contributed by atoms with E-state index in [1.165, 1.54) is 12.1 Å². The van der Waals surface area contributed by atoms with Crippen molar-refractivity contribution in [2.75, 3.05) is 11.1 Å². The summed E-state index contributed by atoms with van der Waals surface area (Å²) in [6, 6.07) is 15.7. The van der Waals surface area contributed by atoms with Gasteiger partial charge < -0.3 is 11.1 Å². The number of anilines is 3. The van der Waals surface area contributed by atoms with Crippen LogP contribution in [0, 0.1) is 6.92 Å². The fourth-order valence-corrected chi connectivity index (χ4v) is 3.63. The molecule has 0 saturated carbocycles. The van der Waals surface area contributed by atoms with E-state index in [1.54, 1.807) is 18.2 Å². The van der Waals surface area contributed by atoms with Gasteiger partial charge in [-0.25, -0.2) is 8.42 Å². The predicted molar refractivity (Wildman–Crippen MR) is 89.4 cm³/mol. The van der Waals surface area contributed by atoms with Gasteiger partial charge in [0.25, 0.3) is 0 Å². The number of hydrogen-bond donors (Lipinski definition) is 3. The third-order valence-corrected chi connectivity index (χ3v) is 5.23. The molecule has 0 spiro atoms. The van der Waals surface area contributed by atoms with Crippen molar-refractivity contribution in [2.45, 2.75) is 16.7 Å². The fourth-order valence-electron chi connectivity index (χ4n) is 2.19. The highest BCUT2D eigenvalue weighted by Crippen LogP contribution is 2.32. The number of rotatable bonds is 4. The predicted octanol–water partition coefficient (Wildman–Crippen LogP) is 2.88. The Bertz CT molecular complexity index is 916. The molecule has 0 radical (unpaired) electrons. The maximum atomic E-state index is 12.8. The van der Waals surface area contributed by atoms with Crippen molar-refractivity contribution in [1.82, 2.24) is 10.2 Å². The molecule has 0 amide bonds. The topological polar surface area (TPSA) is 101 Å². The van der Waals surface area contributed by atoms with E-state index < -0.39 is 9.84 Å². The van der Waals surface area contributed by atoms with Gasteiger partial charge in [-0.3, -0.25) is 5.10 Å². The molecular formula is C16H16N4O2S. The number of benzene rings is 2. The molecule has 0 unspecified atom stereocenters. The standard InChI is InChI=1S/C16H16N4O2S/c1-11-7-9-12(10-8-11)18-16-14(15(17)19-20-16)23(21,22)13-5-3-2-4-6-13/h2-10H,1H3,(H4,17,18,19,20). The summed E-state index contributed by atoms with van der Waals surface area (Å²) in [5.74, 6) is 0.179. The van der Waals surface area contributed by atoms with Crippen molar-refractivity contribution in [2.24, 2.45) is 0 Å². The first-order valence-corrected chi connectivity index (χ1v) is 8.44. The highest BCUT2D eigenvalue weighted by molar-refractivity contribution is 7.91. The van der Waals surface area contributed by atoms with Crippen LogP contribution in [0.25, 0.3) is 0 Å². The van der Waals surface area contributed by atoms with Crippen molar-refractivity contribution in [3.05, 3.63) is 60.2 Å². The maximum Gasteiger partial charge on any atom is 0.213 e. The molecule has 6 nitrogen and oxygen atoms in total. The van der Waals surface area contributed by atoms with Gasteiger partial charge in [-0.1, -0.05) is 35.9 Å². The molecule has 3 aromatic rings.